The minimum Gasteiger partial charge on any atom is -0.466 e. The first-order valence-electron chi connectivity index (χ1n) is 2.52. The smallest absolute Gasteiger partial charge is 0.341 e. The molecule has 0 saturated carbocycles. The van der Waals surface area contributed by atoms with Gasteiger partial charge >= 0.3 is 12.0 Å². The van der Waals surface area contributed by atoms with Gasteiger partial charge in [0.2, 0.25) is 0 Å². The molecule has 0 spiro atoms. The summed E-state index contributed by atoms with van der Waals surface area (Å²) < 4.78 is 9.30. The van der Waals surface area contributed by atoms with E-state index in [0.29, 0.717) is 0 Å². The van der Waals surface area contributed by atoms with Gasteiger partial charge < -0.3 is 9.47 Å². The molecule has 10 heavy (non-hydrogen) atoms. The van der Waals surface area contributed by atoms with Crippen molar-refractivity contribution in [1.82, 2.24) is 20.4 Å². The molecule has 0 aliphatic carbocycles. The SMILES string of the molecule is COc1nnnc(OC)n1. The molecule has 1 aromatic rings. The lowest BCUT2D eigenvalue weighted by molar-refractivity contribution is 0.326. The minimum atomic E-state index is 0.145. The molecule has 0 N–H and O–H groups in total. The molecule has 6 heteroatoms. The van der Waals surface area contributed by atoms with Gasteiger partial charge in [-0.1, -0.05) is 10.2 Å². The van der Waals surface area contributed by atoms with E-state index in [1.807, 2.05) is 0 Å². The number of aromatic nitrogens is 4. The molecule has 6 nitrogen and oxygen atoms in total. The molecule has 0 aromatic carbocycles. The van der Waals surface area contributed by atoms with E-state index in [0.717, 1.165) is 0 Å². The highest BCUT2D eigenvalue weighted by Gasteiger charge is 1.98. The summed E-state index contributed by atoms with van der Waals surface area (Å²) in [5.74, 6) is 0. The third-order valence-corrected chi connectivity index (χ3v) is 0.817. The lowest BCUT2D eigenvalue weighted by Gasteiger charge is -1.95. The Bertz CT molecular complexity index is 197. The highest BCUT2D eigenvalue weighted by atomic mass is 16.5. The van der Waals surface area contributed by atoms with Crippen LogP contribution in [0.5, 0.6) is 12.0 Å². The molecule has 54 valence electrons. The summed E-state index contributed by atoms with van der Waals surface area (Å²) in [4.78, 5) is 3.68. The van der Waals surface area contributed by atoms with E-state index in [1.165, 1.54) is 14.2 Å². The first kappa shape index (κ1) is 6.66. The molecule has 0 amide bonds. The van der Waals surface area contributed by atoms with Crippen LogP contribution in [0.2, 0.25) is 0 Å². The van der Waals surface area contributed by atoms with Crippen molar-refractivity contribution in [3.63, 3.8) is 0 Å². The van der Waals surface area contributed by atoms with Crippen molar-refractivity contribution < 1.29 is 9.47 Å². The molecular formula is C4H6N4O2. The van der Waals surface area contributed by atoms with Crippen LogP contribution in [0.25, 0.3) is 0 Å². The Morgan fingerprint density at radius 2 is 1.50 bits per heavy atom. The van der Waals surface area contributed by atoms with Gasteiger partial charge in [-0.3, -0.25) is 0 Å². The molecule has 0 fully saturated rings. The van der Waals surface area contributed by atoms with E-state index >= 15 is 0 Å². The molecule has 0 aliphatic rings. The fourth-order valence-electron chi connectivity index (χ4n) is 0.398. The topological polar surface area (TPSA) is 70.0 Å². The lowest BCUT2D eigenvalue weighted by Crippen LogP contribution is -2.00. The van der Waals surface area contributed by atoms with Crippen molar-refractivity contribution in [2.75, 3.05) is 14.2 Å². The van der Waals surface area contributed by atoms with Crippen molar-refractivity contribution in [2.24, 2.45) is 0 Å². The van der Waals surface area contributed by atoms with Crippen LogP contribution in [0.1, 0.15) is 0 Å². The van der Waals surface area contributed by atoms with Gasteiger partial charge in [-0.2, -0.15) is 0 Å². The quantitative estimate of drug-likeness (QED) is 0.543. The van der Waals surface area contributed by atoms with Gasteiger partial charge in [-0.15, -0.1) is 4.98 Å². The van der Waals surface area contributed by atoms with Gasteiger partial charge in [0.1, 0.15) is 0 Å². The Balaban J connectivity index is 2.87. The van der Waals surface area contributed by atoms with E-state index in [9.17, 15) is 0 Å². The molecule has 1 aromatic heterocycles. The second-order valence-electron chi connectivity index (χ2n) is 1.37. The molecular weight excluding hydrogens is 136 g/mol. The summed E-state index contributed by atoms with van der Waals surface area (Å²) in [5, 5.41) is 10.2. The minimum absolute atomic E-state index is 0.145. The van der Waals surface area contributed by atoms with Crippen LogP contribution in [0.3, 0.4) is 0 Å². The maximum absolute atomic E-state index is 4.65. The summed E-state index contributed by atoms with van der Waals surface area (Å²) >= 11 is 0. The van der Waals surface area contributed by atoms with E-state index < -0.39 is 0 Å². The zero-order valence-corrected chi connectivity index (χ0v) is 5.61. The van der Waals surface area contributed by atoms with Crippen LogP contribution < -0.4 is 9.47 Å². The zero-order valence-electron chi connectivity index (χ0n) is 5.61. The second kappa shape index (κ2) is 2.90. The Morgan fingerprint density at radius 3 is 1.90 bits per heavy atom. The molecule has 0 saturated heterocycles. The van der Waals surface area contributed by atoms with Crippen LogP contribution in [-0.2, 0) is 0 Å². The predicted molar refractivity (Wildman–Crippen MR) is 30.7 cm³/mol. The summed E-state index contributed by atoms with van der Waals surface area (Å²) in [6.45, 7) is 0. The van der Waals surface area contributed by atoms with Gasteiger partial charge in [0, 0.05) is 0 Å². The van der Waals surface area contributed by atoms with Crippen LogP contribution in [-0.4, -0.2) is 34.6 Å². The standard InChI is InChI=1S/C4H6N4O2/c1-9-3-5-4(10-2)7-8-6-3/h1-2H3. The lowest BCUT2D eigenvalue weighted by atomic mass is 11.0. The third-order valence-electron chi connectivity index (χ3n) is 0.817. The summed E-state index contributed by atoms with van der Waals surface area (Å²) in [5.41, 5.74) is 0. The van der Waals surface area contributed by atoms with Gasteiger partial charge in [-0.05, 0) is 5.21 Å². The summed E-state index contributed by atoms with van der Waals surface area (Å²) in [7, 11) is 2.88. The predicted octanol–water partition coefficient (Wildman–Crippen LogP) is -0.716. The van der Waals surface area contributed by atoms with Crippen molar-refractivity contribution in [3.05, 3.63) is 0 Å². The summed E-state index contributed by atoms with van der Waals surface area (Å²) in [6.07, 6.45) is 0. The number of methoxy groups -OCH3 is 2. The Morgan fingerprint density at radius 1 is 1.00 bits per heavy atom. The number of hydrogen-bond acceptors (Lipinski definition) is 6. The second-order valence-corrected chi connectivity index (χ2v) is 1.37. The number of hydrogen-bond donors (Lipinski definition) is 0. The first-order valence-corrected chi connectivity index (χ1v) is 2.52. The molecule has 0 atom stereocenters. The maximum Gasteiger partial charge on any atom is 0.341 e. The van der Waals surface area contributed by atoms with E-state index in [2.05, 4.69) is 29.9 Å². The molecule has 0 bridgehead atoms. The number of ether oxygens (including phenoxy) is 2. The van der Waals surface area contributed by atoms with Gasteiger partial charge in [0.15, 0.2) is 0 Å². The van der Waals surface area contributed by atoms with Crippen molar-refractivity contribution in [3.8, 4) is 12.0 Å². The van der Waals surface area contributed by atoms with E-state index in [-0.39, 0.29) is 12.0 Å². The normalized spacial score (nSPS) is 9.00. The number of nitrogens with zero attached hydrogens (tertiary/aromatic N) is 4. The monoisotopic (exact) mass is 142 g/mol. The van der Waals surface area contributed by atoms with Crippen LogP contribution >= 0.6 is 0 Å². The molecule has 1 rings (SSSR count). The molecule has 0 radical (unpaired) electrons. The Hall–Kier alpha value is -1.46. The number of rotatable bonds is 2. The largest absolute Gasteiger partial charge is 0.466 e. The third kappa shape index (κ3) is 1.28. The highest BCUT2D eigenvalue weighted by molar-refractivity contribution is 4.94. The fourth-order valence-corrected chi connectivity index (χ4v) is 0.398. The Labute approximate surface area is 57.2 Å². The average molecular weight is 142 g/mol. The van der Waals surface area contributed by atoms with Crippen LogP contribution in [0.15, 0.2) is 0 Å². The Kier molecular flexibility index (Phi) is 1.93. The van der Waals surface area contributed by atoms with Crippen molar-refractivity contribution >= 4 is 0 Å². The van der Waals surface area contributed by atoms with Crippen molar-refractivity contribution in [2.45, 2.75) is 0 Å². The highest BCUT2D eigenvalue weighted by Crippen LogP contribution is 2.01. The van der Waals surface area contributed by atoms with Crippen molar-refractivity contribution in [1.29, 1.82) is 0 Å². The molecule has 0 unspecified atom stereocenters. The maximum atomic E-state index is 4.65. The van der Waals surface area contributed by atoms with Crippen LogP contribution in [0.4, 0.5) is 0 Å². The van der Waals surface area contributed by atoms with E-state index in [4.69, 9.17) is 0 Å². The molecule has 0 aliphatic heterocycles. The first-order chi connectivity index (χ1) is 4.86. The van der Waals surface area contributed by atoms with E-state index in [1.54, 1.807) is 0 Å². The van der Waals surface area contributed by atoms with Gasteiger partial charge in [0.25, 0.3) is 0 Å². The molecule has 1 heterocycles. The van der Waals surface area contributed by atoms with Gasteiger partial charge in [0.05, 0.1) is 14.2 Å². The average Bonchev–Trinajstić information content (AvgIpc) is 2.05. The summed E-state index contributed by atoms with van der Waals surface area (Å²) in [6, 6.07) is 0.290. The van der Waals surface area contributed by atoms with Gasteiger partial charge in [-0.25, -0.2) is 0 Å². The zero-order chi connectivity index (χ0) is 7.40. The fraction of sp³-hybridized carbons (Fsp3) is 0.500. The van der Waals surface area contributed by atoms with Crippen LogP contribution in [0, 0.1) is 0 Å².